The topological polar surface area (TPSA) is 57.7 Å². The van der Waals surface area contributed by atoms with Crippen molar-refractivity contribution in [3.8, 4) is 0 Å². The molecule has 1 amide bonds. The molecule has 0 N–H and O–H groups in total. The van der Waals surface area contributed by atoms with E-state index in [4.69, 9.17) is 11.6 Å². The molecule has 8 heteroatoms. The Balaban J connectivity index is 2.11. The Morgan fingerprint density at radius 2 is 1.85 bits per heavy atom. The molecule has 5 nitrogen and oxygen atoms in total. The fourth-order valence-electron chi connectivity index (χ4n) is 2.05. The zero-order valence-corrected chi connectivity index (χ0v) is 14.6. The van der Waals surface area contributed by atoms with Crippen LogP contribution in [-0.4, -0.2) is 56.0 Å². The van der Waals surface area contributed by atoms with E-state index in [9.17, 15) is 13.2 Å². The lowest BCUT2D eigenvalue weighted by atomic mass is 10.2. The minimum atomic E-state index is -3.18. The minimum absolute atomic E-state index is 0.106. The highest BCUT2D eigenvalue weighted by Gasteiger charge is 2.27. The van der Waals surface area contributed by atoms with Gasteiger partial charge in [0.25, 0.3) is 5.91 Å². The molecule has 0 spiro atoms. The van der Waals surface area contributed by atoms with Crippen LogP contribution in [0, 0.1) is 3.57 Å². The van der Waals surface area contributed by atoms with Crippen molar-refractivity contribution in [1.82, 2.24) is 9.21 Å². The number of amides is 1. The van der Waals surface area contributed by atoms with Crippen molar-refractivity contribution >= 4 is 50.1 Å². The summed E-state index contributed by atoms with van der Waals surface area (Å²) in [6.45, 7) is 1.46. The Morgan fingerprint density at radius 3 is 2.40 bits per heavy atom. The maximum absolute atomic E-state index is 12.4. The third-order valence-corrected chi connectivity index (χ3v) is 5.63. The summed E-state index contributed by atoms with van der Waals surface area (Å²) in [5.41, 5.74) is 0.561. The summed E-state index contributed by atoms with van der Waals surface area (Å²) >= 11 is 8.01. The largest absolute Gasteiger partial charge is 0.336 e. The summed E-state index contributed by atoms with van der Waals surface area (Å²) in [4.78, 5) is 14.1. The predicted octanol–water partition coefficient (Wildman–Crippen LogP) is 1.66. The van der Waals surface area contributed by atoms with Crippen molar-refractivity contribution < 1.29 is 13.2 Å². The van der Waals surface area contributed by atoms with Crippen LogP contribution >= 0.6 is 34.2 Å². The minimum Gasteiger partial charge on any atom is -0.336 e. The normalized spacial score (nSPS) is 17.2. The number of nitrogens with zero attached hydrogens (tertiary/aromatic N) is 2. The van der Waals surface area contributed by atoms with Crippen molar-refractivity contribution in [1.29, 1.82) is 0 Å². The van der Waals surface area contributed by atoms with Gasteiger partial charge in [-0.15, -0.1) is 0 Å². The third-order valence-electron chi connectivity index (χ3n) is 3.15. The van der Waals surface area contributed by atoms with Crippen LogP contribution in [0.5, 0.6) is 0 Å². The van der Waals surface area contributed by atoms with Crippen molar-refractivity contribution in [3.05, 3.63) is 32.4 Å². The second kappa shape index (κ2) is 6.17. The SMILES string of the molecule is CS(=O)(=O)N1CCN(C(=O)c2cc(Cl)ccc2I)CC1. The van der Waals surface area contributed by atoms with Crippen LogP contribution < -0.4 is 0 Å². The van der Waals surface area contributed by atoms with Crippen molar-refractivity contribution in [2.75, 3.05) is 32.4 Å². The maximum atomic E-state index is 12.4. The average Bonchev–Trinajstić information content (AvgIpc) is 2.40. The maximum Gasteiger partial charge on any atom is 0.255 e. The molecule has 0 saturated carbocycles. The van der Waals surface area contributed by atoms with Crippen LogP contribution in [0.1, 0.15) is 10.4 Å². The molecule has 0 bridgehead atoms. The van der Waals surface area contributed by atoms with Gasteiger partial charge in [0, 0.05) is 34.8 Å². The number of carbonyl (C=O) groups is 1. The number of piperazine rings is 1. The fourth-order valence-corrected chi connectivity index (χ4v) is 3.62. The molecule has 0 aromatic heterocycles. The molecule has 1 aliphatic heterocycles. The number of benzene rings is 1. The van der Waals surface area contributed by atoms with E-state index >= 15 is 0 Å². The molecule has 1 fully saturated rings. The van der Waals surface area contributed by atoms with Crippen LogP contribution in [0.25, 0.3) is 0 Å². The van der Waals surface area contributed by atoms with Crippen LogP contribution in [0.4, 0.5) is 0 Å². The predicted molar refractivity (Wildman–Crippen MR) is 86.5 cm³/mol. The lowest BCUT2D eigenvalue weighted by Gasteiger charge is -2.33. The fraction of sp³-hybridized carbons (Fsp3) is 0.417. The van der Waals surface area contributed by atoms with E-state index in [1.165, 1.54) is 10.6 Å². The summed E-state index contributed by atoms with van der Waals surface area (Å²) in [6, 6.07) is 5.18. The molecular weight excluding hydrogens is 415 g/mol. The molecule has 2 rings (SSSR count). The van der Waals surface area contributed by atoms with Crippen LogP contribution in [0.15, 0.2) is 18.2 Å². The highest BCUT2D eigenvalue weighted by atomic mass is 127. The summed E-state index contributed by atoms with van der Waals surface area (Å²) < 4.78 is 25.1. The molecule has 110 valence electrons. The Hall–Kier alpha value is -0.380. The van der Waals surface area contributed by atoms with E-state index in [1.807, 2.05) is 0 Å². The van der Waals surface area contributed by atoms with Gasteiger partial charge in [-0.05, 0) is 40.8 Å². The molecule has 1 aromatic carbocycles. The molecule has 1 saturated heterocycles. The number of hydrogen-bond donors (Lipinski definition) is 0. The van der Waals surface area contributed by atoms with E-state index in [-0.39, 0.29) is 5.91 Å². The van der Waals surface area contributed by atoms with Gasteiger partial charge in [-0.1, -0.05) is 11.6 Å². The third kappa shape index (κ3) is 3.63. The van der Waals surface area contributed by atoms with Gasteiger partial charge in [-0.2, -0.15) is 4.31 Å². The molecule has 1 aromatic rings. The number of sulfonamides is 1. The second-order valence-corrected chi connectivity index (χ2v) is 8.16. The van der Waals surface area contributed by atoms with Crippen LogP contribution in [-0.2, 0) is 10.0 Å². The molecule has 0 unspecified atom stereocenters. The summed E-state index contributed by atoms with van der Waals surface area (Å²) in [5.74, 6) is -0.106. The number of carbonyl (C=O) groups excluding carboxylic acids is 1. The van der Waals surface area contributed by atoms with Gasteiger partial charge < -0.3 is 4.90 Å². The van der Waals surface area contributed by atoms with Crippen LogP contribution in [0.3, 0.4) is 0 Å². The van der Waals surface area contributed by atoms with Crippen molar-refractivity contribution in [2.45, 2.75) is 0 Å². The second-order valence-electron chi connectivity index (χ2n) is 4.58. The molecule has 0 aliphatic carbocycles. The highest BCUT2D eigenvalue weighted by Crippen LogP contribution is 2.20. The Bertz CT molecular complexity index is 628. The van der Waals surface area contributed by atoms with Crippen molar-refractivity contribution in [3.63, 3.8) is 0 Å². The van der Waals surface area contributed by atoms with Gasteiger partial charge in [0.1, 0.15) is 0 Å². The van der Waals surface area contributed by atoms with Crippen molar-refractivity contribution in [2.24, 2.45) is 0 Å². The number of rotatable bonds is 2. The summed E-state index contributed by atoms with van der Waals surface area (Å²) in [6.07, 6.45) is 1.18. The van der Waals surface area contributed by atoms with Gasteiger partial charge in [0.2, 0.25) is 10.0 Å². The first kappa shape index (κ1) is 16.0. The van der Waals surface area contributed by atoms with Gasteiger partial charge in [0.15, 0.2) is 0 Å². The molecule has 0 radical (unpaired) electrons. The summed E-state index contributed by atoms with van der Waals surface area (Å²) in [7, 11) is -3.18. The van der Waals surface area contributed by atoms with Gasteiger partial charge in [-0.25, -0.2) is 8.42 Å². The Kier molecular flexibility index (Phi) is 4.93. The summed E-state index contributed by atoms with van der Waals surface area (Å²) in [5, 5.41) is 0.517. The lowest BCUT2D eigenvalue weighted by Crippen LogP contribution is -2.50. The quantitative estimate of drug-likeness (QED) is 0.673. The van der Waals surface area contributed by atoms with Crippen LogP contribution in [0.2, 0.25) is 5.02 Å². The first-order valence-electron chi connectivity index (χ1n) is 5.98. The molecule has 0 atom stereocenters. The van der Waals surface area contributed by atoms with Gasteiger partial charge in [-0.3, -0.25) is 4.79 Å². The average molecular weight is 429 g/mol. The monoisotopic (exact) mass is 428 g/mol. The zero-order valence-electron chi connectivity index (χ0n) is 10.8. The van der Waals surface area contributed by atoms with Gasteiger partial charge in [0.05, 0.1) is 11.8 Å². The number of hydrogen-bond acceptors (Lipinski definition) is 3. The lowest BCUT2D eigenvalue weighted by molar-refractivity contribution is 0.0697. The molecule has 20 heavy (non-hydrogen) atoms. The molecular formula is C12H14ClIN2O3S. The number of halogens is 2. The van der Waals surface area contributed by atoms with E-state index < -0.39 is 10.0 Å². The highest BCUT2D eigenvalue weighted by molar-refractivity contribution is 14.1. The van der Waals surface area contributed by atoms with E-state index in [0.29, 0.717) is 36.8 Å². The zero-order chi connectivity index (χ0) is 14.9. The first-order valence-corrected chi connectivity index (χ1v) is 9.29. The smallest absolute Gasteiger partial charge is 0.255 e. The standard InChI is InChI=1S/C12H14ClIN2O3S/c1-20(18,19)16-6-4-15(5-7-16)12(17)10-8-9(13)2-3-11(10)14/h2-3,8H,4-7H2,1H3. The van der Waals surface area contributed by atoms with E-state index in [1.54, 1.807) is 23.1 Å². The first-order chi connectivity index (χ1) is 9.29. The van der Waals surface area contributed by atoms with E-state index in [2.05, 4.69) is 22.6 Å². The Labute approximate surface area is 137 Å². The molecule has 1 aliphatic rings. The molecule has 1 heterocycles. The Morgan fingerprint density at radius 1 is 1.25 bits per heavy atom. The van der Waals surface area contributed by atoms with Gasteiger partial charge >= 0.3 is 0 Å². The van der Waals surface area contributed by atoms with E-state index in [0.717, 1.165) is 3.57 Å².